The molecule has 2 heterocycles. The van der Waals surface area contributed by atoms with Crippen LogP contribution in [-0.2, 0) is 9.84 Å². The van der Waals surface area contributed by atoms with Crippen LogP contribution in [0.4, 0.5) is 34.6 Å². The summed E-state index contributed by atoms with van der Waals surface area (Å²) in [5.74, 6) is 1.16. The Kier molecular flexibility index (Phi) is 7.27. The van der Waals surface area contributed by atoms with Gasteiger partial charge < -0.3 is 25.2 Å². The van der Waals surface area contributed by atoms with Gasteiger partial charge in [-0.3, -0.25) is 0 Å². The van der Waals surface area contributed by atoms with Gasteiger partial charge in [-0.2, -0.15) is 4.98 Å². The van der Waals surface area contributed by atoms with Crippen LogP contribution in [0.5, 0.6) is 5.75 Å². The fourth-order valence-corrected chi connectivity index (χ4v) is 5.24. The predicted molar refractivity (Wildman–Crippen MR) is 150 cm³/mol. The number of aromatic nitrogens is 3. The third-order valence-electron chi connectivity index (χ3n) is 6.30. The summed E-state index contributed by atoms with van der Waals surface area (Å²) in [4.78, 5) is 17.6. The lowest BCUT2D eigenvalue weighted by Crippen LogP contribution is -2.46. The molecule has 0 bridgehead atoms. The molecule has 38 heavy (non-hydrogen) atoms. The van der Waals surface area contributed by atoms with Crippen molar-refractivity contribution in [1.29, 1.82) is 0 Å². The molecule has 1 aromatic heterocycles. The lowest BCUT2D eigenvalue weighted by Gasteiger charge is -2.37. The van der Waals surface area contributed by atoms with Gasteiger partial charge in [0.15, 0.2) is 9.84 Å². The highest BCUT2D eigenvalue weighted by atomic mass is 32.2. The van der Waals surface area contributed by atoms with Gasteiger partial charge in [-0.15, -0.1) is 0 Å². The molecule has 4 aromatic rings. The van der Waals surface area contributed by atoms with E-state index < -0.39 is 9.84 Å². The number of hydrogen-bond acceptors (Lipinski definition) is 10. The van der Waals surface area contributed by atoms with E-state index in [1.807, 2.05) is 24.3 Å². The van der Waals surface area contributed by atoms with Crippen LogP contribution in [0.1, 0.15) is 0 Å². The first kappa shape index (κ1) is 25.3. The van der Waals surface area contributed by atoms with Gasteiger partial charge in [-0.05, 0) is 36.4 Å². The quantitative estimate of drug-likeness (QED) is 0.345. The first-order valence-electron chi connectivity index (χ1n) is 12.2. The van der Waals surface area contributed by atoms with Crippen molar-refractivity contribution in [3.05, 3.63) is 79.1 Å². The van der Waals surface area contributed by atoms with Crippen LogP contribution in [0, 0.1) is 0 Å². The summed E-state index contributed by atoms with van der Waals surface area (Å²) >= 11 is 0. The maximum atomic E-state index is 12.1. The van der Waals surface area contributed by atoms with E-state index >= 15 is 0 Å². The van der Waals surface area contributed by atoms with E-state index in [0.29, 0.717) is 23.1 Å². The average Bonchev–Trinajstić information content (AvgIpc) is 2.94. The van der Waals surface area contributed by atoms with E-state index in [-0.39, 0.29) is 10.8 Å². The fourth-order valence-electron chi connectivity index (χ4n) is 4.39. The number of anilines is 6. The molecule has 0 unspecified atom stereocenters. The summed E-state index contributed by atoms with van der Waals surface area (Å²) in [6.45, 7) is 3.69. The molecule has 0 aliphatic carbocycles. The van der Waals surface area contributed by atoms with E-state index in [1.165, 1.54) is 18.1 Å². The van der Waals surface area contributed by atoms with Crippen molar-refractivity contribution in [2.45, 2.75) is 4.90 Å². The maximum Gasteiger partial charge on any atom is 0.232 e. The Morgan fingerprint density at radius 2 is 1.37 bits per heavy atom. The molecule has 1 fully saturated rings. The number of nitrogens with zero attached hydrogens (tertiary/aromatic N) is 5. The third-order valence-corrected chi connectivity index (χ3v) is 7.46. The molecule has 0 saturated carbocycles. The molecule has 0 atom stereocenters. The van der Waals surface area contributed by atoms with E-state index in [1.54, 1.807) is 25.3 Å². The molecule has 10 nitrogen and oxygen atoms in total. The fraction of sp³-hybridized carbons (Fsp3) is 0.222. The summed E-state index contributed by atoms with van der Waals surface area (Å²) < 4.78 is 29.9. The maximum absolute atomic E-state index is 12.1. The molecular formula is C27H29N7O3S. The highest BCUT2D eigenvalue weighted by molar-refractivity contribution is 7.90. The van der Waals surface area contributed by atoms with Crippen molar-refractivity contribution in [2.24, 2.45) is 0 Å². The molecule has 0 amide bonds. The molecule has 0 spiro atoms. The van der Waals surface area contributed by atoms with Crippen LogP contribution in [0.3, 0.4) is 0 Å². The van der Waals surface area contributed by atoms with Gasteiger partial charge in [0.25, 0.3) is 0 Å². The third kappa shape index (κ3) is 5.78. The van der Waals surface area contributed by atoms with E-state index in [9.17, 15) is 8.42 Å². The first-order valence-corrected chi connectivity index (χ1v) is 14.0. The van der Waals surface area contributed by atoms with E-state index in [2.05, 4.69) is 59.7 Å². The minimum atomic E-state index is -3.42. The number of piperazine rings is 1. The standard InChI is InChI=1S/C27H29N7O3S/c1-37-24-18-21(34-16-14-33(15-17-34)20-8-4-3-5-9-20)12-13-22(24)30-26-28-19-29-27(32-26)31-23-10-6-7-11-25(23)38(2,35)36/h3-13,18-19H,14-17H2,1-2H3,(H2,28,29,30,31,32). The molecule has 3 aromatic carbocycles. The van der Waals surface area contributed by atoms with Crippen molar-refractivity contribution in [3.8, 4) is 5.75 Å². The van der Waals surface area contributed by atoms with Crippen LogP contribution in [-0.4, -0.2) is 62.9 Å². The number of hydrogen-bond donors (Lipinski definition) is 2. The number of benzene rings is 3. The Hall–Kier alpha value is -4.38. The topological polar surface area (TPSA) is 113 Å². The smallest absolute Gasteiger partial charge is 0.232 e. The monoisotopic (exact) mass is 531 g/mol. The van der Waals surface area contributed by atoms with Crippen molar-refractivity contribution >= 4 is 44.5 Å². The van der Waals surface area contributed by atoms with Gasteiger partial charge in [-0.1, -0.05) is 30.3 Å². The number of para-hydroxylation sites is 2. The van der Waals surface area contributed by atoms with Crippen molar-refractivity contribution < 1.29 is 13.2 Å². The Labute approximate surface area is 222 Å². The average molecular weight is 532 g/mol. The summed E-state index contributed by atoms with van der Waals surface area (Å²) in [6, 6.07) is 23.1. The number of nitrogens with one attached hydrogen (secondary N) is 2. The summed E-state index contributed by atoms with van der Waals surface area (Å²) in [7, 11) is -1.80. The van der Waals surface area contributed by atoms with E-state index in [4.69, 9.17) is 4.74 Å². The summed E-state index contributed by atoms with van der Waals surface area (Å²) in [6.07, 6.45) is 2.51. The minimum absolute atomic E-state index is 0.164. The second-order valence-corrected chi connectivity index (χ2v) is 10.8. The van der Waals surface area contributed by atoms with Crippen LogP contribution < -0.4 is 25.2 Å². The predicted octanol–water partition coefficient (Wildman–Crippen LogP) is 4.10. The lowest BCUT2D eigenvalue weighted by molar-refractivity contribution is 0.416. The molecule has 196 valence electrons. The Balaban J connectivity index is 1.29. The van der Waals surface area contributed by atoms with Crippen LogP contribution in [0.15, 0.2) is 84.0 Å². The van der Waals surface area contributed by atoms with Gasteiger partial charge >= 0.3 is 0 Å². The second-order valence-electron chi connectivity index (χ2n) is 8.85. The van der Waals surface area contributed by atoms with Gasteiger partial charge in [0.05, 0.1) is 23.4 Å². The Morgan fingerprint density at radius 3 is 2.03 bits per heavy atom. The zero-order valence-electron chi connectivity index (χ0n) is 21.2. The second kappa shape index (κ2) is 10.9. The number of methoxy groups -OCH3 is 1. The molecule has 1 aliphatic rings. The largest absolute Gasteiger partial charge is 0.494 e. The molecule has 2 N–H and O–H groups in total. The number of ether oxygens (including phenoxy) is 1. The molecule has 1 aliphatic heterocycles. The van der Waals surface area contributed by atoms with Crippen molar-refractivity contribution in [3.63, 3.8) is 0 Å². The van der Waals surface area contributed by atoms with Gasteiger partial charge in [0.1, 0.15) is 12.1 Å². The van der Waals surface area contributed by atoms with Crippen molar-refractivity contribution in [1.82, 2.24) is 15.0 Å². The van der Waals surface area contributed by atoms with E-state index in [0.717, 1.165) is 38.1 Å². The van der Waals surface area contributed by atoms with Crippen LogP contribution >= 0.6 is 0 Å². The highest BCUT2D eigenvalue weighted by Gasteiger charge is 2.19. The molecule has 1 saturated heterocycles. The zero-order chi connectivity index (χ0) is 26.5. The summed E-state index contributed by atoms with van der Waals surface area (Å²) in [5, 5.41) is 6.16. The van der Waals surface area contributed by atoms with Crippen molar-refractivity contribution in [2.75, 3.05) is 60.0 Å². The number of sulfone groups is 1. The number of rotatable bonds is 8. The Morgan fingerprint density at radius 1 is 0.763 bits per heavy atom. The zero-order valence-corrected chi connectivity index (χ0v) is 22.0. The normalized spacial score (nSPS) is 13.7. The molecule has 0 radical (unpaired) electrons. The first-order chi connectivity index (χ1) is 18.4. The molecule has 11 heteroatoms. The summed E-state index contributed by atoms with van der Waals surface area (Å²) in [5.41, 5.74) is 3.42. The molecular weight excluding hydrogens is 502 g/mol. The molecule has 5 rings (SSSR count). The van der Waals surface area contributed by atoms with Crippen LogP contribution in [0.2, 0.25) is 0 Å². The van der Waals surface area contributed by atoms with Crippen LogP contribution in [0.25, 0.3) is 0 Å². The Bertz CT molecular complexity index is 1510. The highest BCUT2D eigenvalue weighted by Crippen LogP contribution is 2.32. The van der Waals surface area contributed by atoms with Gasteiger partial charge in [-0.25, -0.2) is 18.4 Å². The van der Waals surface area contributed by atoms with Gasteiger partial charge in [0.2, 0.25) is 11.9 Å². The SMILES string of the molecule is COc1cc(N2CCN(c3ccccc3)CC2)ccc1Nc1ncnc(Nc2ccccc2S(C)(=O)=O)n1. The van der Waals surface area contributed by atoms with Gasteiger partial charge in [0, 0.05) is 49.9 Å². The lowest BCUT2D eigenvalue weighted by atomic mass is 10.2. The minimum Gasteiger partial charge on any atom is -0.494 e.